The van der Waals surface area contributed by atoms with E-state index in [1.165, 1.54) is 0 Å². The second-order valence-electron chi connectivity index (χ2n) is 10.4. The van der Waals surface area contributed by atoms with Gasteiger partial charge in [-0.3, -0.25) is 14.6 Å². The highest BCUT2D eigenvalue weighted by molar-refractivity contribution is 6.39. The topological polar surface area (TPSA) is 120 Å². The molecule has 2 aromatic heterocycles. The molecular formula is C30H29N7O3. The minimum absolute atomic E-state index is 0.0602. The van der Waals surface area contributed by atoms with Gasteiger partial charge in [0, 0.05) is 26.2 Å². The van der Waals surface area contributed by atoms with Crippen LogP contribution in [0.4, 0.5) is 0 Å². The summed E-state index contributed by atoms with van der Waals surface area (Å²) in [6.45, 7) is 1.84. The molecule has 5 heterocycles. The number of rotatable bonds is 4. The van der Waals surface area contributed by atoms with E-state index >= 15 is 0 Å². The summed E-state index contributed by atoms with van der Waals surface area (Å²) in [4.78, 5) is 52.3. The molecule has 1 N–H and O–H groups in total. The molecule has 0 radical (unpaired) electrons. The zero-order valence-electron chi connectivity index (χ0n) is 22.0. The molecule has 1 fully saturated rings. The van der Waals surface area contributed by atoms with Crippen LogP contribution in [0.1, 0.15) is 49.9 Å². The fourth-order valence-electron chi connectivity index (χ4n) is 5.60. The van der Waals surface area contributed by atoms with E-state index in [2.05, 4.69) is 19.9 Å². The van der Waals surface area contributed by atoms with Crippen molar-refractivity contribution in [3.05, 3.63) is 72.0 Å². The average Bonchev–Trinajstić information content (AvgIpc) is 3.65. The molecule has 0 spiro atoms. The molecule has 1 atom stereocenters. The van der Waals surface area contributed by atoms with Gasteiger partial charge >= 0.3 is 0 Å². The van der Waals surface area contributed by atoms with Gasteiger partial charge in [0.05, 0.1) is 16.7 Å². The Morgan fingerprint density at radius 2 is 1.62 bits per heavy atom. The molecule has 3 aliphatic rings. The summed E-state index contributed by atoms with van der Waals surface area (Å²) in [5.74, 6) is 1.10. The number of imidazole rings is 1. The monoisotopic (exact) mass is 535 g/mol. The Kier molecular flexibility index (Phi) is 6.22. The molecule has 3 aliphatic heterocycles. The van der Waals surface area contributed by atoms with Gasteiger partial charge in [-0.15, -0.1) is 0 Å². The third-order valence-corrected chi connectivity index (χ3v) is 7.76. The average molecular weight is 536 g/mol. The Morgan fingerprint density at radius 1 is 0.875 bits per heavy atom. The lowest BCUT2D eigenvalue weighted by atomic mass is 10.0. The van der Waals surface area contributed by atoms with Gasteiger partial charge in [-0.05, 0) is 56.4 Å². The first-order valence-corrected chi connectivity index (χ1v) is 13.9. The third kappa shape index (κ3) is 4.59. The number of hydrogen-bond donors (Lipinski definition) is 1. The molecule has 1 saturated heterocycles. The molecular weight excluding hydrogens is 506 g/mol. The van der Waals surface area contributed by atoms with Gasteiger partial charge in [0.25, 0.3) is 11.8 Å². The number of benzene rings is 2. The number of nitrogens with one attached hydrogen (secondary N) is 1. The van der Waals surface area contributed by atoms with Crippen LogP contribution in [0.25, 0.3) is 22.1 Å². The highest BCUT2D eigenvalue weighted by Crippen LogP contribution is 2.30. The number of aromatic amines is 1. The van der Waals surface area contributed by atoms with Crippen molar-refractivity contribution in [1.29, 1.82) is 0 Å². The fraction of sp³-hybridized carbons (Fsp3) is 0.333. The second-order valence-corrected chi connectivity index (χ2v) is 10.4. The summed E-state index contributed by atoms with van der Waals surface area (Å²) in [7, 11) is 0. The van der Waals surface area contributed by atoms with Crippen molar-refractivity contribution in [2.24, 2.45) is 9.98 Å². The molecule has 202 valence electrons. The summed E-state index contributed by atoms with van der Waals surface area (Å²) in [5, 5.41) is 0. The number of amides is 2. The highest BCUT2D eigenvalue weighted by atomic mass is 16.3. The van der Waals surface area contributed by atoms with E-state index in [1.807, 2.05) is 54.6 Å². The standard InChI is InChI=1S/C30H29N7O3/c38-29(24-12-5-10-22(31-24)27-33-19-7-1-2-8-20(19)34-27)36-15-17-37(18-16-36)30(39)25-13-6-11-23(32-25)28-35-21-9-3-4-14-26(21)40-28/h1-4,7-9,12,14,23H,5-6,10-11,13,15-18H2,(H,33,34). The summed E-state index contributed by atoms with van der Waals surface area (Å²) in [6, 6.07) is 15.2. The van der Waals surface area contributed by atoms with Gasteiger partial charge in [0.15, 0.2) is 11.4 Å². The maximum atomic E-state index is 13.4. The summed E-state index contributed by atoms with van der Waals surface area (Å²) in [5.41, 5.74) is 5.16. The number of H-pyrrole nitrogens is 1. The minimum atomic E-state index is -0.250. The van der Waals surface area contributed by atoms with Crippen molar-refractivity contribution >= 4 is 45.4 Å². The van der Waals surface area contributed by atoms with Gasteiger partial charge in [-0.1, -0.05) is 30.3 Å². The van der Waals surface area contributed by atoms with Gasteiger partial charge in [0.1, 0.15) is 23.0 Å². The van der Waals surface area contributed by atoms with E-state index in [0.29, 0.717) is 55.7 Å². The Labute approximate surface area is 230 Å². The first kappa shape index (κ1) is 24.4. The van der Waals surface area contributed by atoms with Crippen LogP contribution >= 0.6 is 0 Å². The lowest BCUT2D eigenvalue weighted by Gasteiger charge is -2.35. The van der Waals surface area contributed by atoms with E-state index in [0.717, 1.165) is 53.5 Å². The normalized spacial score (nSPS) is 19.9. The molecule has 4 aromatic rings. The van der Waals surface area contributed by atoms with Crippen molar-refractivity contribution in [3.63, 3.8) is 0 Å². The Bertz CT molecular complexity index is 1640. The fourth-order valence-corrected chi connectivity index (χ4v) is 5.60. The van der Waals surface area contributed by atoms with Gasteiger partial charge < -0.3 is 19.2 Å². The number of piperazine rings is 1. The zero-order valence-corrected chi connectivity index (χ0v) is 22.0. The smallest absolute Gasteiger partial charge is 0.272 e. The third-order valence-electron chi connectivity index (χ3n) is 7.76. The molecule has 7 rings (SSSR count). The van der Waals surface area contributed by atoms with E-state index in [4.69, 9.17) is 9.41 Å². The zero-order chi connectivity index (χ0) is 27.1. The van der Waals surface area contributed by atoms with Crippen molar-refractivity contribution in [2.45, 2.75) is 38.1 Å². The predicted octanol–water partition coefficient (Wildman–Crippen LogP) is 4.21. The van der Waals surface area contributed by atoms with Gasteiger partial charge in [-0.25, -0.2) is 15.0 Å². The summed E-state index contributed by atoms with van der Waals surface area (Å²) in [6.07, 6.45) is 5.65. The van der Waals surface area contributed by atoms with E-state index < -0.39 is 0 Å². The molecule has 2 amide bonds. The number of aliphatic imine (C=N–C) groups is 2. The van der Waals surface area contributed by atoms with Crippen LogP contribution in [0, 0.1) is 0 Å². The number of nitrogens with zero attached hydrogens (tertiary/aromatic N) is 6. The van der Waals surface area contributed by atoms with Crippen LogP contribution in [0.15, 0.2) is 74.7 Å². The van der Waals surface area contributed by atoms with E-state index in [1.54, 1.807) is 9.80 Å². The van der Waals surface area contributed by atoms with Crippen molar-refractivity contribution in [1.82, 2.24) is 24.8 Å². The van der Waals surface area contributed by atoms with Crippen LogP contribution in [0.5, 0.6) is 0 Å². The van der Waals surface area contributed by atoms with E-state index in [9.17, 15) is 9.59 Å². The van der Waals surface area contributed by atoms with Crippen LogP contribution < -0.4 is 0 Å². The van der Waals surface area contributed by atoms with E-state index in [-0.39, 0.29) is 17.9 Å². The second kappa shape index (κ2) is 10.2. The molecule has 10 heteroatoms. The number of carbonyl (C=O) groups excluding carboxylic acids is 2. The molecule has 0 saturated carbocycles. The number of allylic oxidation sites excluding steroid dienone is 1. The Hall–Kier alpha value is -4.60. The quantitative estimate of drug-likeness (QED) is 0.420. The summed E-state index contributed by atoms with van der Waals surface area (Å²) >= 11 is 0. The summed E-state index contributed by atoms with van der Waals surface area (Å²) < 4.78 is 5.92. The Balaban J connectivity index is 1.00. The first-order chi connectivity index (χ1) is 19.6. The number of aromatic nitrogens is 3. The lowest BCUT2D eigenvalue weighted by Crippen LogP contribution is -2.52. The van der Waals surface area contributed by atoms with Crippen LogP contribution in [0.2, 0.25) is 0 Å². The number of para-hydroxylation sites is 4. The van der Waals surface area contributed by atoms with Crippen molar-refractivity contribution < 1.29 is 14.0 Å². The minimum Gasteiger partial charge on any atom is -0.438 e. The number of fused-ring (bicyclic) bond motifs is 2. The van der Waals surface area contributed by atoms with Crippen LogP contribution in [-0.2, 0) is 9.59 Å². The Morgan fingerprint density at radius 3 is 2.42 bits per heavy atom. The molecule has 0 bridgehead atoms. The maximum absolute atomic E-state index is 13.4. The molecule has 1 unspecified atom stereocenters. The highest BCUT2D eigenvalue weighted by Gasteiger charge is 2.31. The van der Waals surface area contributed by atoms with Crippen LogP contribution in [-0.4, -0.2) is 74.2 Å². The van der Waals surface area contributed by atoms with Gasteiger partial charge in [0.2, 0.25) is 5.89 Å². The van der Waals surface area contributed by atoms with Gasteiger partial charge in [-0.2, -0.15) is 0 Å². The predicted molar refractivity (Wildman–Crippen MR) is 151 cm³/mol. The number of hydrogen-bond acceptors (Lipinski definition) is 7. The first-order valence-electron chi connectivity index (χ1n) is 13.9. The number of oxazole rings is 1. The van der Waals surface area contributed by atoms with Crippen molar-refractivity contribution in [2.75, 3.05) is 26.2 Å². The molecule has 40 heavy (non-hydrogen) atoms. The molecule has 0 aliphatic carbocycles. The molecule has 2 aromatic carbocycles. The SMILES string of the molecule is O=C(C1=CCCC(c2nc3ccccc3[nH]2)=N1)N1CCN(C(=O)C2=NC(c3nc4ccccc4o3)CCC2)CC1. The maximum Gasteiger partial charge on any atom is 0.272 e. The largest absolute Gasteiger partial charge is 0.438 e. The molecule has 10 nitrogen and oxygen atoms in total. The lowest BCUT2D eigenvalue weighted by molar-refractivity contribution is -0.133. The number of carbonyl (C=O) groups is 2. The van der Waals surface area contributed by atoms with Crippen molar-refractivity contribution in [3.8, 4) is 0 Å². The van der Waals surface area contributed by atoms with Crippen LogP contribution in [0.3, 0.4) is 0 Å².